The summed E-state index contributed by atoms with van der Waals surface area (Å²) in [7, 11) is 0. The first kappa shape index (κ1) is 22.2. The van der Waals surface area contributed by atoms with Crippen molar-refractivity contribution < 1.29 is 14.3 Å². The molecule has 152 valence electrons. The summed E-state index contributed by atoms with van der Waals surface area (Å²) in [5.41, 5.74) is 8.87. The molecule has 5 nitrogen and oxygen atoms in total. The highest BCUT2D eigenvalue weighted by atomic mass is 35.5. The number of carbonyl (C=O) groups excluding carboxylic acids is 1. The number of nitrogens with two attached hydrogens (primary N) is 1. The van der Waals surface area contributed by atoms with E-state index in [1.54, 1.807) is 0 Å². The zero-order valence-corrected chi connectivity index (χ0v) is 17.0. The number of halogens is 1. The quantitative estimate of drug-likeness (QED) is 0.737. The summed E-state index contributed by atoms with van der Waals surface area (Å²) < 4.78 is 11.4. The first-order valence-corrected chi connectivity index (χ1v) is 9.53. The van der Waals surface area contributed by atoms with Crippen LogP contribution in [-0.4, -0.2) is 31.8 Å². The molecule has 0 aromatic heterocycles. The van der Waals surface area contributed by atoms with Crippen LogP contribution in [0.5, 0.6) is 5.75 Å². The summed E-state index contributed by atoms with van der Waals surface area (Å²) in [6.45, 7) is 4.30. The first-order chi connectivity index (χ1) is 13.1. The maximum absolute atomic E-state index is 12.4. The number of aryl methyl sites for hydroxylation is 1. The third kappa shape index (κ3) is 6.51. The van der Waals surface area contributed by atoms with Crippen LogP contribution in [0.3, 0.4) is 0 Å². The molecule has 1 aliphatic rings. The van der Waals surface area contributed by atoms with Crippen molar-refractivity contribution in [1.29, 1.82) is 0 Å². The Labute approximate surface area is 173 Å². The van der Waals surface area contributed by atoms with Crippen LogP contribution in [0.15, 0.2) is 48.5 Å². The zero-order valence-electron chi connectivity index (χ0n) is 16.2. The second-order valence-corrected chi connectivity index (χ2v) is 7.13. The van der Waals surface area contributed by atoms with Crippen LogP contribution in [-0.2, 0) is 16.0 Å². The van der Waals surface area contributed by atoms with Crippen molar-refractivity contribution in [3.63, 3.8) is 0 Å². The Bertz CT molecular complexity index is 749. The molecule has 1 atom stereocenters. The summed E-state index contributed by atoms with van der Waals surface area (Å²) in [6.07, 6.45) is 2.57. The van der Waals surface area contributed by atoms with Gasteiger partial charge in [-0.3, -0.25) is 4.79 Å². The smallest absolute Gasteiger partial charge is 0.241 e. The molecule has 1 aliphatic heterocycles. The molecule has 6 heteroatoms. The highest BCUT2D eigenvalue weighted by Gasteiger charge is 2.17. The van der Waals surface area contributed by atoms with Crippen LogP contribution in [0.2, 0.25) is 0 Å². The topological polar surface area (TPSA) is 73.6 Å². The van der Waals surface area contributed by atoms with Crippen molar-refractivity contribution in [2.45, 2.75) is 32.2 Å². The summed E-state index contributed by atoms with van der Waals surface area (Å²) in [6, 6.07) is 14.9. The second kappa shape index (κ2) is 11.1. The lowest BCUT2D eigenvalue weighted by molar-refractivity contribution is -0.117. The number of benzene rings is 2. The average Bonchev–Trinajstić information content (AvgIpc) is 2.70. The van der Waals surface area contributed by atoms with Gasteiger partial charge in [-0.1, -0.05) is 36.4 Å². The Morgan fingerprint density at radius 1 is 1.21 bits per heavy atom. The van der Waals surface area contributed by atoms with Gasteiger partial charge in [-0.15, -0.1) is 12.4 Å². The van der Waals surface area contributed by atoms with Crippen molar-refractivity contribution in [3.8, 4) is 5.75 Å². The van der Waals surface area contributed by atoms with E-state index in [9.17, 15) is 4.79 Å². The van der Waals surface area contributed by atoms with E-state index in [4.69, 9.17) is 15.2 Å². The predicted molar refractivity (Wildman–Crippen MR) is 114 cm³/mol. The largest absolute Gasteiger partial charge is 0.493 e. The molecular weight excluding hydrogens is 376 g/mol. The molecule has 0 unspecified atom stereocenters. The van der Waals surface area contributed by atoms with E-state index in [0.29, 0.717) is 24.6 Å². The maximum Gasteiger partial charge on any atom is 0.241 e. The van der Waals surface area contributed by atoms with E-state index in [0.717, 1.165) is 42.9 Å². The van der Waals surface area contributed by atoms with Crippen LogP contribution in [0.4, 0.5) is 5.69 Å². The molecule has 1 fully saturated rings. The normalized spacial score (nSPS) is 15.4. The van der Waals surface area contributed by atoms with Gasteiger partial charge in [0.05, 0.1) is 12.6 Å². The van der Waals surface area contributed by atoms with Gasteiger partial charge < -0.3 is 20.5 Å². The van der Waals surface area contributed by atoms with Crippen LogP contribution >= 0.6 is 12.4 Å². The summed E-state index contributed by atoms with van der Waals surface area (Å²) in [5.74, 6) is 1.13. The highest BCUT2D eigenvalue weighted by Crippen LogP contribution is 2.25. The first-order valence-electron chi connectivity index (χ1n) is 9.53. The number of anilines is 1. The number of carbonyl (C=O) groups is 1. The number of nitrogens with one attached hydrogen (secondary N) is 1. The highest BCUT2D eigenvalue weighted by molar-refractivity contribution is 5.95. The van der Waals surface area contributed by atoms with Gasteiger partial charge in [0.15, 0.2) is 0 Å². The molecule has 28 heavy (non-hydrogen) atoms. The van der Waals surface area contributed by atoms with Crippen molar-refractivity contribution >= 4 is 24.0 Å². The third-order valence-corrected chi connectivity index (χ3v) is 4.91. The van der Waals surface area contributed by atoms with Gasteiger partial charge >= 0.3 is 0 Å². The monoisotopic (exact) mass is 404 g/mol. The molecule has 0 saturated carbocycles. The van der Waals surface area contributed by atoms with E-state index < -0.39 is 6.04 Å². The van der Waals surface area contributed by atoms with Gasteiger partial charge in [-0.05, 0) is 49.3 Å². The van der Waals surface area contributed by atoms with Gasteiger partial charge in [0.25, 0.3) is 0 Å². The minimum absolute atomic E-state index is 0. The lowest BCUT2D eigenvalue weighted by Crippen LogP contribution is -2.37. The van der Waals surface area contributed by atoms with Crippen LogP contribution in [0.25, 0.3) is 0 Å². The van der Waals surface area contributed by atoms with E-state index in [1.807, 2.05) is 55.5 Å². The van der Waals surface area contributed by atoms with E-state index in [1.165, 1.54) is 0 Å². The predicted octanol–water partition coefficient (Wildman–Crippen LogP) is 3.73. The number of hydrogen-bond acceptors (Lipinski definition) is 4. The van der Waals surface area contributed by atoms with Gasteiger partial charge in [-0.25, -0.2) is 0 Å². The summed E-state index contributed by atoms with van der Waals surface area (Å²) in [5, 5.41) is 2.90. The molecule has 1 heterocycles. The number of rotatable bonds is 7. The van der Waals surface area contributed by atoms with Crippen molar-refractivity contribution in [3.05, 3.63) is 59.7 Å². The van der Waals surface area contributed by atoms with Gasteiger partial charge in [0.1, 0.15) is 5.75 Å². The Morgan fingerprint density at radius 2 is 1.93 bits per heavy atom. The fourth-order valence-corrected chi connectivity index (χ4v) is 3.15. The maximum atomic E-state index is 12.4. The Morgan fingerprint density at radius 3 is 2.64 bits per heavy atom. The van der Waals surface area contributed by atoms with Gasteiger partial charge in [-0.2, -0.15) is 0 Å². The second-order valence-electron chi connectivity index (χ2n) is 7.13. The molecular formula is C22H29ClN2O3. The van der Waals surface area contributed by atoms with E-state index in [-0.39, 0.29) is 18.3 Å². The van der Waals surface area contributed by atoms with Crippen molar-refractivity contribution in [2.24, 2.45) is 11.7 Å². The van der Waals surface area contributed by atoms with E-state index >= 15 is 0 Å². The van der Waals surface area contributed by atoms with E-state index in [2.05, 4.69) is 5.32 Å². The van der Waals surface area contributed by atoms with Gasteiger partial charge in [0, 0.05) is 25.0 Å². The number of hydrogen-bond donors (Lipinski definition) is 2. The van der Waals surface area contributed by atoms with Crippen LogP contribution in [0.1, 0.15) is 24.0 Å². The molecule has 2 aromatic carbocycles. The zero-order chi connectivity index (χ0) is 19.1. The van der Waals surface area contributed by atoms with Crippen molar-refractivity contribution in [2.75, 3.05) is 25.1 Å². The molecule has 1 amide bonds. The molecule has 0 radical (unpaired) electrons. The molecule has 3 N–H and O–H groups in total. The third-order valence-electron chi connectivity index (χ3n) is 4.91. The summed E-state index contributed by atoms with van der Waals surface area (Å²) in [4.78, 5) is 12.4. The standard InChI is InChI=1S/C22H28N2O3.ClH/c1-16-7-8-19(14-21(16)27-15-18-9-11-26-12-10-18)24-22(25)20(23)13-17-5-3-2-4-6-17;/h2-8,14,18,20H,9-13,15,23H2,1H3,(H,24,25);1H/t20-;/m0./s1. The molecule has 3 rings (SSSR count). The lowest BCUT2D eigenvalue weighted by Gasteiger charge is -2.22. The minimum atomic E-state index is -0.597. The molecule has 2 aromatic rings. The molecule has 0 bridgehead atoms. The van der Waals surface area contributed by atoms with Crippen LogP contribution in [0, 0.1) is 12.8 Å². The Kier molecular flexibility index (Phi) is 8.77. The van der Waals surface area contributed by atoms with Crippen LogP contribution < -0.4 is 15.8 Å². The summed E-state index contributed by atoms with van der Waals surface area (Å²) >= 11 is 0. The molecule has 1 saturated heterocycles. The van der Waals surface area contributed by atoms with Gasteiger partial charge in [0.2, 0.25) is 5.91 Å². The fourth-order valence-electron chi connectivity index (χ4n) is 3.15. The minimum Gasteiger partial charge on any atom is -0.493 e. The lowest BCUT2D eigenvalue weighted by atomic mass is 10.0. The number of amides is 1. The molecule has 0 aliphatic carbocycles. The molecule has 0 spiro atoms. The SMILES string of the molecule is Cc1ccc(NC(=O)[C@@H](N)Cc2ccccc2)cc1OCC1CCOCC1.Cl. The van der Waals surface area contributed by atoms with Crippen molar-refractivity contribution in [1.82, 2.24) is 0 Å². The average molecular weight is 405 g/mol. The fraction of sp³-hybridized carbons (Fsp3) is 0.409. The number of ether oxygens (including phenoxy) is 2. The Balaban J connectivity index is 0.00000280. The Hall–Kier alpha value is -2.08.